The number of fused-ring (bicyclic) bond motifs is 1. The smallest absolute Gasteiger partial charge is 0.286 e. The van der Waals surface area contributed by atoms with Crippen LogP contribution in [0.1, 0.15) is 5.56 Å². The van der Waals surface area contributed by atoms with E-state index >= 15 is 0 Å². The van der Waals surface area contributed by atoms with Gasteiger partial charge in [0.25, 0.3) is 5.91 Å². The van der Waals surface area contributed by atoms with Crippen molar-refractivity contribution in [3.63, 3.8) is 0 Å². The lowest BCUT2D eigenvalue weighted by Crippen LogP contribution is -2.01. The van der Waals surface area contributed by atoms with Crippen molar-refractivity contribution in [2.75, 3.05) is 7.11 Å². The second kappa shape index (κ2) is 4.93. The van der Waals surface area contributed by atoms with Crippen molar-refractivity contribution in [2.45, 2.75) is 0 Å². The standard InChI is InChI=1S/C13H10N4O2S/c1-19-12-8-4-7(2-3-9(8)15-6-16-12)5-10-11(18)17-13(14)20-10/h2-6H,1H3,(H2,14,17,18)/b10-5-. The van der Waals surface area contributed by atoms with Gasteiger partial charge in [-0.1, -0.05) is 6.07 Å². The van der Waals surface area contributed by atoms with Gasteiger partial charge in [0.05, 0.1) is 22.9 Å². The number of methoxy groups -OCH3 is 1. The number of aromatic nitrogens is 2. The maximum Gasteiger partial charge on any atom is 0.286 e. The van der Waals surface area contributed by atoms with Crippen LogP contribution in [0.15, 0.2) is 34.4 Å². The van der Waals surface area contributed by atoms with E-state index in [2.05, 4.69) is 15.0 Å². The van der Waals surface area contributed by atoms with Crippen molar-refractivity contribution < 1.29 is 9.53 Å². The number of nitrogens with two attached hydrogens (primary N) is 1. The zero-order valence-corrected chi connectivity index (χ0v) is 11.3. The maximum atomic E-state index is 11.6. The SMILES string of the molecule is COc1ncnc2ccc(/C=C3\SC(N)=NC3=O)cc12. The summed E-state index contributed by atoms with van der Waals surface area (Å²) >= 11 is 1.16. The largest absolute Gasteiger partial charge is 0.480 e. The molecule has 0 atom stereocenters. The molecular formula is C13H10N4O2S. The molecule has 0 spiro atoms. The van der Waals surface area contributed by atoms with Gasteiger partial charge in [-0.2, -0.15) is 4.99 Å². The number of aliphatic imine (C=N–C) groups is 1. The van der Waals surface area contributed by atoms with Crippen LogP contribution in [-0.4, -0.2) is 28.2 Å². The minimum Gasteiger partial charge on any atom is -0.480 e. The molecule has 1 aliphatic heterocycles. The first-order valence-electron chi connectivity index (χ1n) is 5.74. The Kier molecular flexibility index (Phi) is 3.11. The number of hydrogen-bond donors (Lipinski definition) is 1. The van der Waals surface area contributed by atoms with Crippen molar-refractivity contribution in [3.05, 3.63) is 35.0 Å². The molecule has 3 rings (SSSR count). The van der Waals surface area contributed by atoms with Gasteiger partial charge in [-0.15, -0.1) is 0 Å². The average molecular weight is 286 g/mol. The average Bonchev–Trinajstić information content (AvgIpc) is 2.76. The number of ether oxygens (including phenoxy) is 1. The lowest BCUT2D eigenvalue weighted by atomic mass is 10.1. The number of carbonyl (C=O) groups excluding carboxylic acids is 1. The van der Waals surface area contributed by atoms with Crippen LogP contribution in [0.5, 0.6) is 5.88 Å². The van der Waals surface area contributed by atoms with Gasteiger partial charge in [0.15, 0.2) is 5.17 Å². The van der Waals surface area contributed by atoms with E-state index < -0.39 is 0 Å². The highest BCUT2D eigenvalue weighted by atomic mass is 32.2. The van der Waals surface area contributed by atoms with Gasteiger partial charge in [-0.05, 0) is 35.5 Å². The Morgan fingerprint density at radius 3 is 2.90 bits per heavy atom. The topological polar surface area (TPSA) is 90.5 Å². The predicted octanol–water partition coefficient (Wildman–Crippen LogP) is 1.57. The van der Waals surface area contributed by atoms with Crippen LogP contribution in [0, 0.1) is 0 Å². The van der Waals surface area contributed by atoms with Crippen LogP contribution in [0.2, 0.25) is 0 Å². The molecule has 2 aromatic rings. The van der Waals surface area contributed by atoms with Crippen molar-refractivity contribution in [3.8, 4) is 5.88 Å². The van der Waals surface area contributed by atoms with Crippen LogP contribution < -0.4 is 10.5 Å². The molecule has 6 nitrogen and oxygen atoms in total. The van der Waals surface area contributed by atoms with Gasteiger partial charge in [0.2, 0.25) is 5.88 Å². The number of rotatable bonds is 2. The van der Waals surface area contributed by atoms with Gasteiger partial charge in [-0.25, -0.2) is 9.97 Å². The molecule has 0 unspecified atom stereocenters. The second-order valence-corrected chi connectivity index (χ2v) is 5.09. The fraction of sp³-hybridized carbons (Fsp3) is 0.0769. The Morgan fingerprint density at radius 1 is 1.35 bits per heavy atom. The quantitative estimate of drug-likeness (QED) is 0.843. The molecule has 0 fully saturated rings. The molecule has 100 valence electrons. The van der Waals surface area contributed by atoms with Crippen molar-refractivity contribution in [1.82, 2.24) is 9.97 Å². The van der Waals surface area contributed by atoms with Gasteiger partial charge in [-0.3, -0.25) is 4.79 Å². The Labute approximate surface area is 118 Å². The summed E-state index contributed by atoms with van der Waals surface area (Å²) in [4.78, 5) is 24.0. The predicted molar refractivity (Wildman–Crippen MR) is 78.3 cm³/mol. The van der Waals surface area contributed by atoms with Gasteiger partial charge in [0.1, 0.15) is 6.33 Å². The molecule has 20 heavy (non-hydrogen) atoms. The number of nitrogens with zero attached hydrogens (tertiary/aromatic N) is 3. The first kappa shape index (κ1) is 12.6. The number of hydrogen-bond acceptors (Lipinski definition) is 6. The Bertz CT molecular complexity index is 770. The van der Waals surface area contributed by atoms with Crippen LogP contribution in [0.25, 0.3) is 17.0 Å². The lowest BCUT2D eigenvalue weighted by molar-refractivity contribution is -0.113. The Hall–Kier alpha value is -2.41. The van der Waals surface area contributed by atoms with E-state index in [1.807, 2.05) is 18.2 Å². The summed E-state index contributed by atoms with van der Waals surface area (Å²) in [7, 11) is 1.55. The molecule has 0 saturated carbocycles. The molecule has 0 radical (unpaired) electrons. The number of thioether (sulfide) groups is 1. The van der Waals surface area contributed by atoms with Gasteiger partial charge < -0.3 is 10.5 Å². The van der Waals surface area contributed by atoms with E-state index in [0.717, 1.165) is 28.2 Å². The highest BCUT2D eigenvalue weighted by Gasteiger charge is 2.19. The number of carbonyl (C=O) groups is 1. The van der Waals surface area contributed by atoms with Crippen LogP contribution in [0.4, 0.5) is 0 Å². The van der Waals surface area contributed by atoms with E-state index in [4.69, 9.17) is 10.5 Å². The highest BCUT2D eigenvalue weighted by molar-refractivity contribution is 8.18. The van der Waals surface area contributed by atoms with Crippen molar-refractivity contribution >= 4 is 39.8 Å². The number of amidine groups is 1. The van der Waals surface area contributed by atoms with E-state index in [1.54, 1.807) is 13.2 Å². The summed E-state index contributed by atoms with van der Waals surface area (Å²) in [5.41, 5.74) is 7.13. The van der Waals surface area contributed by atoms with E-state index in [0.29, 0.717) is 10.8 Å². The molecule has 0 bridgehead atoms. The van der Waals surface area contributed by atoms with Gasteiger partial charge in [0, 0.05) is 0 Å². The first-order valence-corrected chi connectivity index (χ1v) is 6.56. The molecule has 1 amide bonds. The zero-order valence-electron chi connectivity index (χ0n) is 10.5. The maximum absolute atomic E-state index is 11.6. The third-order valence-corrected chi connectivity index (χ3v) is 3.56. The molecule has 7 heteroatoms. The van der Waals surface area contributed by atoms with E-state index in [9.17, 15) is 4.79 Å². The molecule has 1 aliphatic rings. The van der Waals surface area contributed by atoms with Crippen LogP contribution >= 0.6 is 11.8 Å². The molecule has 2 N–H and O–H groups in total. The molecule has 1 aromatic heterocycles. The minimum atomic E-state index is -0.316. The Morgan fingerprint density at radius 2 is 2.20 bits per heavy atom. The monoisotopic (exact) mass is 286 g/mol. The Balaban J connectivity index is 2.06. The van der Waals surface area contributed by atoms with Crippen molar-refractivity contribution in [2.24, 2.45) is 10.7 Å². The third-order valence-electron chi connectivity index (χ3n) is 2.75. The normalized spacial score (nSPS) is 16.8. The second-order valence-electron chi connectivity index (χ2n) is 4.03. The zero-order chi connectivity index (χ0) is 14.1. The molecular weight excluding hydrogens is 276 g/mol. The fourth-order valence-corrected chi connectivity index (χ4v) is 2.56. The van der Waals surface area contributed by atoms with Gasteiger partial charge >= 0.3 is 0 Å². The van der Waals surface area contributed by atoms with E-state index in [-0.39, 0.29) is 11.1 Å². The minimum absolute atomic E-state index is 0.267. The lowest BCUT2D eigenvalue weighted by Gasteiger charge is -2.04. The summed E-state index contributed by atoms with van der Waals surface area (Å²) < 4.78 is 5.20. The van der Waals surface area contributed by atoms with Crippen LogP contribution in [0.3, 0.4) is 0 Å². The van der Waals surface area contributed by atoms with Crippen molar-refractivity contribution in [1.29, 1.82) is 0 Å². The summed E-state index contributed by atoms with van der Waals surface area (Å²) in [5.74, 6) is 0.181. The van der Waals surface area contributed by atoms with Crippen LogP contribution in [-0.2, 0) is 4.79 Å². The molecule has 2 heterocycles. The number of amides is 1. The first-order chi connectivity index (χ1) is 9.67. The fourth-order valence-electron chi connectivity index (χ4n) is 1.88. The summed E-state index contributed by atoms with van der Waals surface area (Å²) in [6, 6.07) is 5.58. The molecule has 0 aliphatic carbocycles. The highest BCUT2D eigenvalue weighted by Crippen LogP contribution is 2.28. The molecule has 0 saturated heterocycles. The summed E-state index contributed by atoms with van der Waals surface area (Å²) in [6.07, 6.45) is 3.19. The third kappa shape index (κ3) is 2.23. The summed E-state index contributed by atoms with van der Waals surface area (Å²) in [6.45, 7) is 0. The van der Waals surface area contributed by atoms with E-state index in [1.165, 1.54) is 6.33 Å². The molecule has 1 aromatic carbocycles. The number of benzene rings is 1. The summed E-state index contributed by atoms with van der Waals surface area (Å²) in [5, 5.41) is 1.05.